The van der Waals surface area contributed by atoms with Gasteiger partial charge in [0.15, 0.2) is 0 Å². The molecule has 21 heavy (non-hydrogen) atoms. The molecule has 0 fully saturated rings. The van der Waals surface area contributed by atoms with Crippen LogP contribution in [0, 0.1) is 0 Å². The molecule has 0 amide bonds. The highest BCUT2D eigenvalue weighted by Gasteiger charge is 2.42. The Hall–Kier alpha value is -2.09. The van der Waals surface area contributed by atoms with E-state index in [2.05, 4.69) is 5.10 Å². The highest BCUT2D eigenvalue weighted by Crippen LogP contribution is 2.39. The number of alkyl halides is 5. The lowest BCUT2D eigenvalue weighted by atomic mass is 10.1. The van der Waals surface area contributed by atoms with E-state index in [4.69, 9.17) is 16.7 Å². The second-order valence-electron chi connectivity index (χ2n) is 3.96. The molecular weight excluding hydrogens is 316 g/mol. The lowest BCUT2D eigenvalue weighted by Gasteiger charge is -2.12. The summed E-state index contributed by atoms with van der Waals surface area (Å²) in [4.78, 5) is 11.1. The summed E-state index contributed by atoms with van der Waals surface area (Å²) in [5.74, 6) is -1.96. The Kier molecular flexibility index (Phi) is 3.91. The molecule has 1 aromatic heterocycles. The quantitative estimate of drug-likeness (QED) is 0.688. The molecule has 0 aliphatic rings. The van der Waals surface area contributed by atoms with Gasteiger partial charge in [-0.15, -0.1) is 0 Å². The fraction of sp³-hybridized carbons (Fsp3) is 0.167. The zero-order valence-electron chi connectivity index (χ0n) is 10.1. The van der Waals surface area contributed by atoms with Crippen LogP contribution in [0.2, 0.25) is 0 Å². The molecule has 1 N–H and O–H groups in total. The van der Waals surface area contributed by atoms with Gasteiger partial charge in [0.1, 0.15) is 17.0 Å². The minimum absolute atomic E-state index is 0.0118. The summed E-state index contributed by atoms with van der Waals surface area (Å²) in [6, 6.07) is 7.09. The van der Waals surface area contributed by atoms with E-state index in [9.17, 15) is 22.4 Å². The van der Waals surface area contributed by atoms with Crippen molar-refractivity contribution in [2.24, 2.45) is 0 Å². The first-order chi connectivity index (χ1) is 9.73. The van der Waals surface area contributed by atoms with Gasteiger partial charge in [0.05, 0.1) is 5.69 Å². The zero-order valence-corrected chi connectivity index (χ0v) is 10.9. The van der Waals surface area contributed by atoms with Crippen molar-refractivity contribution in [2.45, 2.75) is 11.8 Å². The minimum atomic E-state index is -4.18. The second-order valence-corrected chi connectivity index (χ2v) is 4.43. The summed E-state index contributed by atoms with van der Waals surface area (Å²) in [6.07, 6.45) is -3.33. The van der Waals surface area contributed by atoms with Crippen molar-refractivity contribution in [2.75, 3.05) is 0 Å². The molecule has 0 atom stereocenters. The van der Waals surface area contributed by atoms with Crippen LogP contribution in [0.15, 0.2) is 30.3 Å². The summed E-state index contributed by atoms with van der Waals surface area (Å²) in [5.41, 5.74) is -3.88. The van der Waals surface area contributed by atoms with Crippen LogP contribution in [-0.2, 0) is 5.38 Å². The van der Waals surface area contributed by atoms with Crippen LogP contribution < -0.4 is 0 Å². The summed E-state index contributed by atoms with van der Waals surface area (Å²) in [5, 5.41) is 8.05. The number of aromatic nitrogens is 2. The summed E-state index contributed by atoms with van der Waals surface area (Å²) >= 11 is 4.88. The Morgan fingerprint density at radius 3 is 2.29 bits per heavy atom. The Morgan fingerprint density at radius 1 is 1.29 bits per heavy atom. The third-order valence-electron chi connectivity index (χ3n) is 2.60. The number of carboxylic acid groups (broad SMARTS) is 1. The molecule has 112 valence electrons. The average Bonchev–Trinajstić information content (AvgIpc) is 2.80. The van der Waals surface area contributed by atoms with Gasteiger partial charge in [0.25, 0.3) is 6.43 Å². The Labute approximate surface area is 120 Å². The average molecular weight is 323 g/mol. The molecule has 1 heterocycles. The van der Waals surface area contributed by atoms with Crippen molar-refractivity contribution in [1.29, 1.82) is 0 Å². The van der Waals surface area contributed by atoms with Gasteiger partial charge in [-0.2, -0.15) is 13.9 Å². The molecule has 0 aliphatic carbocycles. The topological polar surface area (TPSA) is 55.1 Å². The Balaban J connectivity index is 2.82. The van der Waals surface area contributed by atoms with Crippen molar-refractivity contribution in [3.63, 3.8) is 0 Å². The van der Waals surface area contributed by atoms with Gasteiger partial charge in [-0.25, -0.2) is 18.3 Å². The van der Waals surface area contributed by atoms with E-state index >= 15 is 0 Å². The first-order valence-corrected chi connectivity index (χ1v) is 5.88. The summed E-state index contributed by atoms with van der Waals surface area (Å²) in [6.45, 7) is 0. The van der Waals surface area contributed by atoms with Gasteiger partial charge < -0.3 is 5.11 Å². The number of nitrogens with zero attached hydrogens (tertiary/aromatic N) is 2. The number of aromatic carboxylic acids is 1. The van der Waals surface area contributed by atoms with Crippen LogP contribution in [-0.4, -0.2) is 20.9 Å². The zero-order chi connectivity index (χ0) is 15.8. The van der Waals surface area contributed by atoms with Crippen LogP contribution in [0.5, 0.6) is 0 Å². The molecule has 0 spiro atoms. The van der Waals surface area contributed by atoms with Crippen molar-refractivity contribution in [3.8, 4) is 5.69 Å². The summed E-state index contributed by atoms with van der Waals surface area (Å²) in [7, 11) is 0. The largest absolute Gasteiger partial charge is 0.478 e. The van der Waals surface area contributed by atoms with E-state index in [0.29, 0.717) is 4.68 Å². The van der Waals surface area contributed by atoms with Crippen LogP contribution in [0.1, 0.15) is 28.2 Å². The van der Waals surface area contributed by atoms with Gasteiger partial charge in [0.2, 0.25) is 0 Å². The molecule has 4 nitrogen and oxygen atoms in total. The van der Waals surface area contributed by atoms with Crippen molar-refractivity contribution >= 4 is 17.6 Å². The second kappa shape index (κ2) is 5.36. The molecule has 0 bridgehead atoms. The number of rotatable bonds is 4. The van der Waals surface area contributed by atoms with Gasteiger partial charge in [-0.3, -0.25) is 0 Å². The number of halogens is 5. The fourth-order valence-corrected chi connectivity index (χ4v) is 1.99. The van der Waals surface area contributed by atoms with E-state index in [1.807, 2.05) is 0 Å². The molecule has 2 rings (SSSR count). The third kappa shape index (κ3) is 2.85. The molecule has 1 aromatic carbocycles. The number of para-hydroxylation sites is 1. The lowest BCUT2D eigenvalue weighted by Crippen LogP contribution is -2.16. The first kappa shape index (κ1) is 15.3. The molecule has 0 unspecified atom stereocenters. The highest BCUT2D eigenvalue weighted by atomic mass is 35.5. The van der Waals surface area contributed by atoms with Gasteiger partial charge in [-0.1, -0.05) is 18.2 Å². The molecule has 0 aliphatic heterocycles. The van der Waals surface area contributed by atoms with E-state index in [-0.39, 0.29) is 5.69 Å². The number of benzene rings is 1. The van der Waals surface area contributed by atoms with Gasteiger partial charge in [0, 0.05) is 0 Å². The number of hydrogen-bond acceptors (Lipinski definition) is 2. The van der Waals surface area contributed by atoms with E-state index in [1.165, 1.54) is 24.3 Å². The van der Waals surface area contributed by atoms with Crippen molar-refractivity contribution in [1.82, 2.24) is 9.78 Å². The predicted molar refractivity (Wildman–Crippen MR) is 65.2 cm³/mol. The molecule has 0 saturated carbocycles. The number of hydrogen-bond donors (Lipinski definition) is 1. The third-order valence-corrected chi connectivity index (χ3v) is 2.78. The van der Waals surface area contributed by atoms with Gasteiger partial charge in [-0.05, 0) is 23.7 Å². The normalized spacial score (nSPS) is 11.9. The van der Waals surface area contributed by atoms with Crippen molar-refractivity contribution in [3.05, 3.63) is 47.3 Å². The van der Waals surface area contributed by atoms with Crippen molar-refractivity contribution < 1.29 is 27.5 Å². The SMILES string of the molecule is O=C(O)c1c(C(F)F)nn(-c2ccccc2)c1C(F)(F)Cl. The predicted octanol–water partition coefficient (Wildman–Crippen LogP) is 3.80. The standard InChI is InChI=1S/C12H7ClF4N2O2/c13-12(16,17)9-7(11(20)21)8(10(14)15)18-19(9)6-4-2-1-3-5-6/h1-5,10H,(H,20,21). The molecule has 2 aromatic rings. The molecular formula is C12H7ClF4N2O2. The maximum atomic E-state index is 13.5. The molecule has 0 radical (unpaired) electrons. The Morgan fingerprint density at radius 2 is 1.86 bits per heavy atom. The molecule has 9 heteroatoms. The maximum Gasteiger partial charge on any atom is 0.365 e. The first-order valence-electron chi connectivity index (χ1n) is 5.50. The number of carboxylic acids is 1. The number of carbonyl (C=O) groups is 1. The van der Waals surface area contributed by atoms with Crippen LogP contribution in [0.4, 0.5) is 17.6 Å². The van der Waals surface area contributed by atoms with Crippen LogP contribution in [0.3, 0.4) is 0 Å². The summed E-state index contributed by atoms with van der Waals surface area (Å²) < 4.78 is 53.1. The van der Waals surface area contributed by atoms with E-state index in [1.54, 1.807) is 6.07 Å². The maximum absolute atomic E-state index is 13.5. The fourth-order valence-electron chi connectivity index (χ4n) is 1.82. The molecule has 0 saturated heterocycles. The van der Waals surface area contributed by atoms with E-state index < -0.39 is 34.7 Å². The smallest absolute Gasteiger partial charge is 0.365 e. The minimum Gasteiger partial charge on any atom is -0.478 e. The highest BCUT2D eigenvalue weighted by molar-refractivity contribution is 6.22. The van der Waals surface area contributed by atoms with Gasteiger partial charge >= 0.3 is 11.4 Å². The van der Waals surface area contributed by atoms with E-state index in [0.717, 1.165) is 0 Å². The lowest BCUT2D eigenvalue weighted by molar-refractivity contribution is 0.0636. The van der Waals surface area contributed by atoms with Crippen LogP contribution >= 0.6 is 11.6 Å². The monoisotopic (exact) mass is 322 g/mol. The van der Waals surface area contributed by atoms with Crippen LogP contribution in [0.25, 0.3) is 5.69 Å². The Bertz CT molecular complexity index is 668.